The lowest BCUT2D eigenvalue weighted by Gasteiger charge is -1.94. The maximum absolute atomic E-state index is 9.74. The molecule has 2 N–H and O–H groups in total. The van der Waals surface area contributed by atoms with Crippen LogP contribution < -0.4 is 5.48 Å². The van der Waals surface area contributed by atoms with Crippen molar-refractivity contribution in [2.75, 3.05) is 6.54 Å². The van der Waals surface area contributed by atoms with Crippen LogP contribution in [0.15, 0.2) is 12.7 Å². The molecule has 0 aromatic carbocycles. The molecule has 4 nitrogen and oxygen atoms in total. The highest BCUT2D eigenvalue weighted by Crippen LogP contribution is 1.61. The first-order valence-corrected chi connectivity index (χ1v) is 3.27. The summed E-state index contributed by atoms with van der Waals surface area (Å²) in [4.78, 5) is 8.01. The maximum Gasteiger partial charge on any atom is 0.785 e. The average molecular weight is 133 g/mol. The Morgan fingerprint density at radius 2 is 2.62 bits per heavy atom. The lowest BCUT2D eigenvalue weighted by Crippen LogP contribution is -2.20. The molecule has 0 aliphatic heterocycles. The predicted octanol–water partition coefficient (Wildman–Crippen LogP) is -0.899. The van der Waals surface area contributed by atoms with Gasteiger partial charge in [0.2, 0.25) is 0 Å². The molecule has 0 rings (SSSR count). The smallest absolute Gasteiger partial charge is 0.511 e. The first-order chi connectivity index (χ1) is 3.77. The van der Waals surface area contributed by atoms with E-state index < -0.39 is 9.17 Å². The highest BCUT2D eigenvalue weighted by molar-refractivity contribution is 6.23. The molecule has 0 spiro atoms. The van der Waals surface area contributed by atoms with Crippen LogP contribution in [-0.2, 0) is 8.99 Å². The highest BCUT2D eigenvalue weighted by Gasteiger charge is 1.99. The predicted molar refractivity (Wildman–Crippen MR) is 27.9 cm³/mol. The average Bonchev–Trinajstić information content (AvgIpc) is 1.66. The van der Waals surface area contributed by atoms with E-state index in [1.165, 1.54) is 6.08 Å². The minimum Gasteiger partial charge on any atom is -0.511 e. The van der Waals surface area contributed by atoms with Gasteiger partial charge >= 0.3 is 9.17 Å². The summed E-state index contributed by atoms with van der Waals surface area (Å²) in [6.45, 7) is 3.71. The molecule has 8 heavy (non-hydrogen) atoms. The Balaban J connectivity index is 2.93. The standard InChI is InChI=1S/C3H7NO3Si/c1-2-3-4-7-8(5)6/h2,4-5H,1,3H2. The van der Waals surface area contributed by atoms with Gasteiger partial charge in [0, 0.05) is 6.54 Å². The maximum atomic E-state index is 9.74. The summed E-state index contributed by atoms with van der Waals surface area (Å²) < 4.78 is 13.8. The summed E-state index contributed by atoms with van der Waals surface area (Å²) in [5.74, 6) is 0. The number of hydrogen-bond donors (Lipinski definition) is 2. The lowest BCUT2D eigenvalue weighted by atomic mass is 10.7. The molecule has 0 heterocycles. The molecular weight excluding hydrogens is 126 g/mol. The molecule has 0 atom stereocenters. The minimum atomic E-state index is -2.82. The van der Waals surface area contributed by atoms with Crippen molar-refractivity contribution in [2.24, 2.45) is 0 Å². The van der Waals surface area contributed by atoms with Crippen molar-refractivity contribution in [3.05, 3.63) is 12.7 Å². The Morgan fingerprint density at radius 1 is 2.00 bits per heavy atom. The third-order valence-electron chi connectivity index (χ3n) is 0.387. The summed E-state index contributed by atoms with van der Waals surface area (Å²) in [5, 5.41) is 0. The van der Waals surface area contributed by atoms with Gasteiger partial charge in [-0.2, -0.15) is 5.48 Å². The van der Waals surface area contributed by atoms with Crippen LogP contribution >= 0.6 is 0 Å². The monoisotopic (exact) mass is 133 g/mol. The fraction of sp³-hybridized carbons (Fsp3) is 0.333. The largest absolute Gasteiger partial charge is 0.785 e. The Kier molecular flexibility index (Phi) is 4.09. The Hall–Kier alpha value is -0.683. The van der Waals surface area contributed by atoms with Crippen LogP contribution in [0.2, 0.25) is 0 Å². The molecular formula is C3H7NO3Si. The normalized spacial score (nSPS) is 8.00. The number of hydrogen-bond acceptors (Lipinski definition) is 3. The molecule has 0 unspecified atom stereocenters. The SMILES string of the molecule is C=CCNO[Si](=O)O. The fourth-order valence-electron chi connectivity index (χ4n) is 0.162. The molecule has 46 valence electrons. The van der Waals surface area contributed by atoms with Gasteiger partial charge in [0.15, 0.2) is 0 Å². The quantitative estimate of drug-likeness (QED) is 0.226. The summed E-state index contributed by atoms with van der Waals surface area (Å²) in [6.07, 6.45) is 1.52. The first-order valence-electron chi connectivity index (χ1n) is 2.01. The van der Waals surface area contributed by atoms with Gasteiger partial charge in [-0.05, 0) is 0 Å². The van der Waals surface area contributed by atoms with Crippen LogP contribution in [0.1, 0.15) is 0 Å². The van der Waals surface area contributed by atoms with Crippen molar-refractivity contribution < 1.29 is 13.8 Å². The molecule has 0 aromatic heterocycles. The van der Waals surface area contributed by atoms with E-state index in [1.807, 2.05) is 0 Å². The van der Waals surface area contributed by atoms with E-state index in [1.54, 1.807) is 0 Å². The molecule has 0 fully saturated rings. The summed E-state index contributed by atoms with van der Waals surface area (Å²) in [7, 11) is -2.82. The van der Waals surface area contributed by atoms with E-state index in [0.29, 0.717) is 6.54 Å². The molecule has 5 heteroatoms. The van der Waals surface area contributed by atoms with Gasteiger partial charge in [-0.15, -0.1) is 6.58 Å². The zero-order chi connectivity index (χ0) is 6.41. The van der Waals surface area contributed by atoms with Crippen molar-refractivity contribution in [1.82, 2.24) is 5.48 Å². The van der Waals surface area contributed by atoms with Crippen molar-refractivity contribution in [3.63, 3.8) is 0 Å². The molecule has 0 amide bonds. The van der Waals surface area contributed by atoms with E-state index in [9.17, 15) is 4.46 Å². The molecule has 0 radical (unpaired) electrons. The van der Waals surface area contributed by atoms with E-state index in [-0.39, 0.29) is 0 Å². The van der Waals surface area contributed by atoms with Gasteiger partial charge in [-0.1, -0.05) is 6.08 Å². The van der Waals surface area contributed by atoms with Gasteiger partial charge in [0.25, 0.3) is 0 Å². The van der Waals surface area contributed by atoms with Crippen LogP contribution in [0.5, 0.6) is 0 Å². The third-order valence-corrected chi connectivity index (χ3v) is 0.706. The molecule has 0 bridgehead atoms. The molecule has 0 aliphatic carbocycles. The third kappa shape index (κ3) is 5.32. The minimum absolute atomic E-state index is 0.372. The lowest BCUT2D eigenvalue weighted by molar-refractivity contribution is 0.147. The topological polar surface area (TPSA) is 58.6 Å². The number of hydroxylamine groups is 1. The zero-order valence-corrected chi connectivity index (χ0v) is 5.26. The Bertz CT molecular complexity index is 94.5. The Labute approximate surface area is 48.6 Å². The van der Waals surface area contributed by atoms with Gasteiger partial charge in [-0.3, -0.25) is 4.46 Å². The number of nitrogens with one attached hydrogen (secondary N) is 1. The van der Waals surface area contributed by atoms with Gasteiger partial charge in [0.05, 0.1) is 0 Å². The zero-order valence-electron chi connectivity index (χ0n) is 4.26. The van der Waals surface area contributed by atoms with E-state index in [4.69, 9.17) is 4.80 Å². The van der Waals surface area contributed by atoms with Crippen LogP contribution in [-0.4, -0.2) is 20.5 Å². The highest BCUT2D eigenvalue weighted by atomic mass is 28.3. The summed E-state index contributed by atoms with van der Waals surface area (Å²) in [5.41, 5.74) is 2.20. The van der Waals surface area contributed by atoms with Crippen LogP contribution in [0.3, 0.4) is 0 Å². The van der Waals surface area contributed by atoms with E-state index >= 15 is 0 Å². The van der Waals surface area contributed by atoms with E-state index in [2.05, 4.69) is 16.6 Å². The van der Waals surface area contributed by atoms with E-state index in [0.717, 1.165) is 0 Å². The van der Waals surface area contributed by atoms with Crippen LogP contribution in [0, 0.1) is 0 Å². The van der Waals surface area contributed by atoms with Crippen molar-refractivity contribution in [2.45, 2.75) is 0 Å². The van der Waals surface area contributed by atoms with Crippen LogP contribution in [0.25, 0.3) is 0 Å². The fourth-order valence-corrected chi connectivity index (χ4v) is 0.369. The van der Waals surface area contributed by atoms with Gasteiger partial charge in [-0.25, -0.2) is 0 Å². The van der Waals surface area contributed by atoms with Crippen LogP contribution in [0.4, 0.5) is 0 Å². The second-order valence-electron chi connectivity index (χ2n) is 1.01. The first kappa shape index (κ1) is 7.32. The van der Waals surface area contributed by atoms with Crippen molar-refractivity contribution >= 4 is 9.17 Å². The second-order valence-corrected chi connectivity index (χ2v) is 1.74. The molecule has 0 saturated heterocycles. The van der Waals surface area contributed by atoms with Gasteiger partial charge in [0.1, 0.15) is 0 Å². The molecule has 0 saturated carbocycles. The van der Waals surface area contributed by atoms with Crippen molar-refractivity contribution in [1.29, 1.82) is 0 Å². The molecule has 0 aromatic rings. The second kappa shape index (κ2) is 4.48. The summed E-state index contributed by atoms with van der Waals surface area (Å²) >= 11 is 0. The van der Waals surface area contributed by atoms with Crippen molar-refractivity contribution in [3.8, 4) is 0 Å². The number of rotatable bonds is 4. The summed E-state index contributed by atoms with van der Waals surface area (Å²) in [6, 6.07) is 0. The van der Waals surface area contributed by atoms with Gasteiger partial charge < -0.3 is 9.32 Å². The Morgan fingerprint density at radius 3 is 3.00 bits per heavy atom. The molecule has 0 aliphatic rings.